The summed E-state index contributed by atoms with van der Waals surface area (Å²) in [5, 5.41) is 9.20. The highest BCUT2D eigenvalue weighted by molar-refractivity contribution is 5.92. The van der Waals surface area contributed by atoms with E-state index in [0.29, 0.717) is 18.4 Å². The van der Waals surface area contributed by atoms with Crippen LogP contribution in [0.15, 0.2) is 18.2 Å². The molecule has 0 spiro atoms. The van der Waals surface area contributed by atoms with E-state index >= 15 is 0 Å². The number of ether oxygens (including phenoxy) is 2. The number of carbonyl (C=O) groups is 2. The first-order valence-corrected chi connectivity index (χ1v) is 6.92. The fourth-order valence-corrected chi connectivity index (χ4v) is 2.00. The number of nitrogens with zero attached hydrogens (tertiary/aromatic N) is 1. The number of hydrogen-bond acceptors (Lipinski definition) is 4. The van der Waals surface area contributed by atoms with Crippen molar-refractivity contribution in [1.29, 1.82) is 0 Å². The zero-order valence-corrected chi connectivity index (χ0v) is 12.2. The van der Waals surface area contributed by atoms with Crippen LogP contribution in [-0.4, -0.2) is 48.2 Å². The van der Waals surface area contributed by atoms with Gasteiger partial charge in [-0.1, -0.05) is 6.07 Å². The van der Waals surface area contributed by atoms with Crippen LogP contribution < -0.4 is 9.47 Å². The van der Waals surface area contributed by atoms with Gasteiger partial charge in [-0.3, -0.25) is 4.79 Å². The number of hydrogen-bond donors (Lipinski definition) is 1. The second-order valence-electron chi connectivity index (χ2n) is 4.90. The van der Waals surface area contributed by atoms with Gasteiger partial charge in [-0.25, -0.2) is 4.79 Å². The van der Waals surface area contributed by atoms with Gasteiger partial charge in [0.05, 0.1) is 6.61 Å². The molecule has 0 aliphatic heterocycles. The summed E-state index contributed by atoms with van der Waals surface area (Å²) in [6, 6.07) is 4.93. The molecule has 1 amide bonds. The minimum absolute atomic E-state index is 0.0113. The largest absolute Gasteiger partial charge is 0.490 e. The number of para-hydroxylation sites is 1. The van der Waals surface area contributed by atoms with Gasteiger partial charge in [0.2, 0.25) is 0 Å². The number of benzene rings is 1. The average Bonchev–Trinajstić information content (AvgIpc) is 3.29. The molecule has 6 heteroatoms. The Bertz CT molecular complexity index is 539. The fraction of sp³-hybridized carbons (Fsp3) is 0.467. The molecule has 0 heterocycles. The standard InChI is InChI=1S/C15H19NO5/c1-3-20-12-6-4-5-11(15(18)19)14(12)21-9-13(17)16(2)10-7-8-10/h4-6,10H,3,7-9H2,1-2H3,(H,18,19). The van der Waals surface area contributed by atoms with Gasteiger partial charge in [0.15, 0.2) is 18.1 Å². The molecule has 114 valence electrons. The number of carbonyl (C=O) groups excluding carboxylic acids is 1. The van der Waals surface area contributed by atoms with Crippen molar-refractivity contribution in [1.82, 2.24) is 4.90 Å². The Labute approximate surface area is 123 Å². The molecule has 1 saturated carbocycles. The van der Waals surface area contributed by atoms with E-state index in [4.69, 9.17) is 9.47 Å². The van der Waals surface area contributed by atoms with Crippen LogP contribution in [0.4, 0.5) is 0 Å². The van der Waals surface area contributed by atoms with Crippen molar-refractivity contribution in [3.05, 3.63) is 23.8 Å². The van der Waals surface area contributed by atoms with E-state index in [1.165, 1.54) is 6.07 Å². The summed E-state index contributed by atoms with van der Waals surface area (Å²) in [5.41, 5.74) is -0.0113. The van der Waals surface area contributed by atoms with Gasteiger partial charge in [0.25, 0.3) is 5.91 Å². The van der Waals surface area contributed by atoms with Crippen LogP contribution in [0.5, 0.6) is 11.5 Å². The molecule has 21 heavy (non-hydrogen) atoms. The molecule has 1 aromatic rings. The number of carboxylic acid groups (broad SMARTS) is 1. The summed E-state index contributed by atoms with van der Waals surface area (Å²) >= 11 is 0. The number of aromatic carboxylic acids is 1. The van der Waals surface area contributed by atoms with Crippen LogP contribution in [0.1, 0.15) is 30.1 Å². The molecular formula is C15H19NO5. The highest BCUT2D eigenvalue weighted by atomic mass is 16.5. The maximum Gasteiger partial charge on any atom is 0.339 e. The van der Waals surface area contributed by atoms with Gasteiger partial charge in [0, 0.05) is 13.1 Å². The Hall–Kier alpha value is -2.24. The Morgan fingerprint density at radius 2 is 2.05 bits per heavy atom. The van der Waals surface area contributed by atoms with E-state index < -0.39 is 5.97 Å². The predicted molar refractivity (Wildman–Crippen MR) is 75.9 cm³/mol. The third-order valence-electron chi connectivity index (χ3n) is 3.34. The lowest BCUT2D eigenvalue weighted by atomic mass is 10.2. The minimum atomic E-state index is -1.12. The van der Waals surface area contributed by atoms with Crippen molar-refractivity contribution < 1.29 is 24.2 Å². The summed E-state index contributed by atoms with van der Waals surface area (Å²) in [5.74, 6) is -0.849. The Morgan fingerprint density at radius 3 is 2.62 bits per heavy atom. The first-order valence-electron chi connectivity index (χ1n) is 6.92. The number of rotatable bonds is 7. The molecule has 1 aromatic carbocycles. The van der Waals surface area contributed by atoms with Crippen LogP contribution >= 0.6 is 0 Å². The average molecular weight is 293 g/mol. The van der Waals surface area contributed by atoms with Gasteiger partial charge >= 0.3 is 5.97 Å². The van der Waals surface area contributed by atoms with E-state index in [1.54, 1.807) is 31.0 Å². The van der Waals surface area contributed by atoms with Crippen molar-refractivity contribution >= 4 is 11.9 Å². The van der Waals surface area contributed by atoms with Gasteiger partial charge in [-0.15, -0.1) is 0 Å². The molecule has 1 aliphatic rings. The number of likely N-dealkylation sites (N-methyl/N-ethyl adjacent to an activating group) is 1. The number of amides is 1. The second-order valence-corrected chi connectivity index (χ2v) is 4.90. The minimum Gasteiger partial charge on any atom is -0.490 e. The van der Waals surface area contributed by atoms with Crippen LogP contribution in [0, 0.1) is 0 Å². The third-order valence-corrected chi connectivity index (χ3v) is 3.34. The molecule has 0 aromatic heterocycles. The van der Waals surface area contributed by atoms with Crippen molar-refractivity contribution in [3.63, 3.8) is 0 Å². The third kappa shape index (κ3) is 3.65. The molecule has 0 radical (unpaired) electrons. The quantitative estimate of drug-likeness (QED) is 0.829. The molecule has 1 aliphatic carbocycles. The van der Waals surface area contributed by atoms with Gasteiger partial charge < -0.3 is 19.5 Å². The summed E-state index contributed by atoms with van der Waals surface area (Å²) in [6.45, 7) is 1.98. The van der Waals surface area contributed by atoms with E-state index in [9.17, 15) is 14.7 Å². The highest BCUT2D eigenvalue weighted by Gasteiger charge is 2.30. The van der Waals surface area contributed by atoms with Crippen molar-refractivity contribution in [3.8, 4) is 11.5 Å². The maximum absolute atomic E-state index is 12.0. The molecule has 0 bridgehead atoms. The SMILES string of the molecule is CCOc1cccc(C(=O)O)c1OCC(=O)N(C)C1CC1. The lowest BCUT2D eigenvalue weighted by molar-refractivity contribution is -0.132. The molecule has 2 rings (SSSR count). The molecular weight excluding hydrogens is 274 g/mol. The lowest BCUT2D eigenvalue weighted by Gasteiger charge is -2.18. The van der Waals surface area contributed by atoms with E-state index in [-0.39, 0.29) is 23.8 Å². The Morgan fingerprint density at radius 1 is 1.33 bits per heavy atom. The smallest absolute Gasteiger partial charge is 0.339 e. The van der Waals surface area contributed by atoms with Crippen molar-refractivity contribution in [2.24, 2.45) is 0 Å². The predicted octanol–water partition coefficient (Wildman–Crippen LogP) is 1.78. The first kappa shape index (κ1) is 15.2. The van der Waals surface area contributed by atoms with E-state index in [1.807, 2.05) is 0 Å². The second kappa shape index (κ2) is 6.47. The van der Waals surface area contributed by atoms with Crippen LogP contribution in [0.2, 0.25) is 0 Å². The van der Waals surface area contributed by atoms with Crippen molar-refractivity contribution in [2.75, 3.05) is 20.3 Å². The van der Waals surface area contributed by atoms with Gasteiger partial charge in [0.1, 0.15) is 5.56 Å². The van der Waals surface area contributed by atoms with Gasteiger partial charge in [-0.05, 0) is 31.9 Å². The monoisotopic (exact) mass is 293 g/mol. The molecule has 6 nitrogen and oxygen atoms in total. The van der Waals surface area contributed by atoms with Crippen LogP contribution in [0.25, 0.3) is 0 Å². The molecule has 1 fully saturated rings. The topological polar surface area (TPSA) is 76.1 Å². The van der Waals surface area contributed by atoms with E-state index in [2.05, 4.69) is 0 Å². The van der Waals surface area contributed by atoms with Crippen molar-refractivity contribution in [2.45, 2.75) is 25.8 Å². The van der Waals surface area contributed by atoms with Crippen LogP contribution in [0.3, 0.4) is 0 Å². The highest BCUT2D eigenvalue weighted by Crippen LogP contribution is 2.32. The zero-order chi connectivity index (χ0) is 15.4. The Kier molecular flexibility index (Phi) is 4.67. The fourth-order valence-electron chi connectivity index (χ4n) is 2.00. The summed E-state index contributed by atoms with van der Waals surface area (Å²) in [6.07, 6.45) is 2.02. The molecule has 0 saturated heterocycles. The number of carboxylic acids is 1. The lowest BCUT2D eigenvalue weighted by Crippen LogP contribution is -2.33. The summed E-state index contributed by atoms with van der Waals surface area (Å²) in [7, 11) is 1.73. The summed E-state index contributed by atoms with van der Waals surface area (Å²) < 4.78 is 10.8. The van der Waals surface area contributed by atoms with Gasteiger partial charge in [-0.2, -0.15) is 0 Å². The molecule has 0 atom stereocenters. The normalized spacial score (nSPS) is 13.6. The van der Waals surface area contributed by atoms with Crippen LogP contribution in [-0.2, 0) is 4.79 Å². The van der Waals surface area contributed by atoms with E-state index in [0.717, 1.165) is 12.8 Å². The Balaban J connectivity index is 2.12. The molecule has 0 unspecified atom stereocenters. The summed E-state index contributed by atoms with van der Waals surface area (Å²) in [4.78, 5) is 24.8. The molecule has 1 N–H and O–H groups in total. The first-order chi connectivity index (χ1) is 10.0. The zero-order valence-electron chi connectivity index (χ0n) is 12.2. The maximum atomic E-state index is 12.0.